The van der Waals surface area contributed by atoms with E-state index in [1.165, 1.54) is 6.33 Å². The molecule has 0 saturated carbocycles. The van der Waals surface area contributed by atoms with Crippen molar-refractivity contribution in [3.8, 4) is 5.69 Å². The molecule has 32 heavy (non-hydrogen) atoms. The first-order valence-corrected chi connectivity index (χ1v) is 11.9. The van der Waals surface area contributed by atoms with Gasteiger partial charge >= 0.3 is 0 Å². The van der Waals surface area contributed by atoms with Crippen LogP contribution in [0.5, 0.6) is 0 Å². The number of likely N-dealkylation sites (tertiary alicyclic amines) is 1. The number of piperidine rings is 1. The van der Waals surface area contributed by atoms with Gasteiger partial charge in [0.1, 0.15) is 17.6 Å². The summed E-state index contributed by atoms with van der Waals surface area (Å²) >= 11 is 6.14. The third-order valence-electron chi connectivity index (χ3n) is 5.66. The van der Waals surface area contributed by atoms with E-state index in [-0.39, 0.29) is 16.7 Å². The minimum absolute atomic E-state index is 0.116. The van der Waals surface area contributed by atoms with Gasteiger partial charge in [-0.25, -0.2) is 9.67 Å². The quantitative estimate of drug-likeness (QED) is 0.630. The summed E-state index contributed by atoms with van der Waals surface area (Å²) in [6.07, 6.45) is 4.12. The molecule has 0 bridgehead atoms. The van der Waals surface area contributed by atoms with Crippen LogP contribution in [0, 0.1) is 5.92 Å². The van der Waals surface area contributed by atoms with Crippen LogP contribution in [0.1, 0.15) is 18.4 Å². The fraction of sp³-hybridized carbons (Fsp3) is 0.238. The molecule has 1 fully saturated rings. The standard InChI is InChI=1S/C21H19ClN6O3S/c22-15-5-6-18(28-13-23-12-24-28)17(11-15)25-21(29)14-7-9-27(10-8-14)20-16-3-1-2-4-19(16)32(30,31)26-20/h1-6,11-14H,7-10H2,(H,25,29). The highest BCUT2D eigenvalue weighted by Gasteiger charge is 2.34. The summed E-state index contributed by atoms with van der Waals surface area (Å²) in [6, 6.07) is 12.0. The van der Waals surface area contributed by atoms with Crippen molar-refractivity contribution in [3.05, 3.63) is 65.7 Å². The molecule has 2 aromatic carbocycles. The van der Waals surface area contributed by atoms with Gasteiger partial charge in [-0.15, -0.1) is 4.40 Å². The van der Waals surface area contributed by atoms with Gasteiger partial charge in [0.05, 0.1) is 11.4 Å². The summed E-state index contributed by atoms with van der Waals surface area (Å²) < 4.78 is 30.2. The van der Waals surface area contributed by atoms with E-state index in [9.17, 15) is 13.2 Å². The monoisotopic (exact) mass is 470 g/mol. The lowest BCUT2D eigenvalue weighted by atomic mass is 9.95. The second-order valence-corrected chi connectivity index (χ2v) is 9.65. The highest BCUT2D eigenvalue weighted by molar-refractivity contribution is 7.90. The number of sulfonamides is 1. The first-order chi connectivity index (χ1) is 15.4. The minimum Gasteiger partial charge on any atom is -0.355 e. The van der Waals surface area contributed by atoms with Crippen LogP contribution in [0.3, 0.4) is 0 Å². The number of nitrogens with one attached hydrogen (secondary N) is 1. The molecule has 1 N–H and O–H groups in total. The van der Waals surface area contributed by atoms with Gasteiger partial charge in [0.15, 0.2) is 5.84 Å². The topological polar surface area (TPSA) is 110 Å². The van der Waals surface area contributed by atoms with Gasteiger partial charge in [-0.05, 0) is 43.2 Å². The molecule has 3 aromatic rings. The average molecular weight is 471 g/mol. The van der Waals surface area contributed by atoms with Crippen LogP contribution in [0.25, 0.3) is 5.69 Å². The van der Waals surface area contributed by atoms with Crippen molar-refractivity contribution in [2.24, 2.45) is 10.3 Å². The molecular weight excluding hydrogens is 452 g/mol. The van der Waals surface area contributed by atoms with Crippen LogP contribution in [-0.4, -0.2) is 52.9 Å². The smallest absolute Gasteiger partial charge is 0.285 e. The maximum Gasteiger partial charge on any atom is 0.285 e. The summed E-state index contributed by atoms with van der Waals surface area (Å²) in [5, 5.41) is 7.59. The summed E-state index contributed by atoms with van der Waals surface area (Å²) in [5.74, 6) is 0.125. The lowest BCUT2D eigenvalue weighted by Gasteiger charge is -2.32. The van der Waals surface area contributed by atoms with Crippen molar-refractivity contribution in [1.29, 1.82) is 0 Å². The van der Waals surface area contributed by atoms with Crippen molar-refractivity contribution in [3.63, 3.8) is 0 Å². The van der Waals surface area contributed by atoms with Gasteiger partial charge in [-0.2, -0.15) is 13.5 Å². The molecule has 1 amide bonds. The minimum atomic E-state index is -3.66. The Balaban J connectivity index is 1.29. The van der Waals surface area contributed by atoms with Gasteiger partial charge in [-0.3, -0.25) is 4.79 Å². The van der Waals surface area contributed by atoms with Gasteiger partial charge in [0, 0.05) is 29.6 Å². The van der Waals surface area contributed by atoms with E-state index in [0.717, 1.165) is 0 Å². The van der Waals surface area contributed by atoms with Crippen molar-refractivity contribution in [2.75, 3.05) is 18.4 Å². The average Bonchev–Trinajstić information content (AvgIpc) is 3.41. The van der Waals surface area contributed by atoms with Gasteiger partial charge in [0.25, 0.3) is 10.0 Å². The van der Waals surface area contributed by atoms with E-state index in [4.69, 9.17) is 11.6 Å². The highest BCUT2D eigenvalue weighted by Crippen LogP contribution is 2.30. The Kier molecular flexibility index (Phi) is 5.18. The number of anilines is 1. The molecule has 11 heteroatoms. The highest BCUT2D eigenvalue weighted by atomic mass is 35.5. The third kappa shape index (κ3) is 3.76. The van der Waals surface area contributed by atoms with E-state index in [1.807, 2.05) is 4.90 Å². The maximum absolute atomic E-state index is 13.0. The van der Waals surface area contributed by atoms with Crippen molar-refractivity contribution < 1.29 is 13.2 Å². The van der Waals surface area contributed by atoms with E-state index < -0.39 is 10.0 Å². The zero-order chi connectivity index (χ0) is 22.3. The van der Waals surface area contributed by atoms with E-state index in [2.05, 4.69) is 19.8 Å². The molecule has 0 spiro atoms. The largest absolute Gasteiger partial charge is 0.355 e. The number of amidine groups is 1. The van der Waals surface area contributed by atoms with Gasteiger partial charge < -0.3 is 10.2 Å². The Labute approximate surface area is 189 Å². The van der Waals surface area contributed by atoms with Crippen LogP contribution in [0.4, 0.5) is 5.69 Å². The van der Waals surface area contributed by atoms with E-state index in [1.54, 1.807) is 53.5 Å². The molecule has 1 saturated heterocycles. The Morgan fingerprint density at radius 1 is 1.12 bits per heavy atom. The fourth-order valence-electron chi connectivity index (χ4n) is 4.05. The SMILES string of the molecule is O=C(Nc1cc(Cl)ccc1-n1cncn1)C1CCN(C2=NS(=O)(=O)c3ccccc32)CC1. The normalized spacial score (nSPS) is 17.7. The number of benzene rings is 2. The number of carbonyl (C=O) groups excluding carboxylic acids is 1. The molecule has 1 aromatic heterocycles. The summed E-state index contributed by atoms with van der Waals surface area (Å²) in [7, 11) is -3.66. The number of nitrogens with zero attached hydrogens (tertiary/aromatic N) is 5. The van der Waals surface area contributed by atoms with Crippen LogP contribution in [0.15, 0.2) is 64.4 Å². The van der Waals surface area contributed by atoms with E-state index in [0.29, 0.717) is 53.7 Å². The number of rotatable bonds is 3. The maximum atomic E-state index is 13.0. The van der Waals surface area contributed by atoms with Crippen LogP contribution >= 0.6 is 11.6 Å². The molecule has 3 heterocycles. The number of amides is 1. The number of hydrogen-bond acceptors (Lipinski definition) is 6. The summed E-state index contributed by atoms with van der Waals surface area (Å²) in [5.41, 5.74) is 1.84. The molecule has 2 aliphatic heterocycles. The molecule has 5 rings (SSSR count). The first-order valence-electron chi connectivity index (χ1n) is 10.1. The Morgan fingerprint density at radius 3 is 2.66 bits per heavy atom. The second-order valence-electron chi connectivity index (χ2n) is 7.64. The molecule has 2 aliphatic rings. The lowest BCUT2D eigenvalue weighted by Crippen LogP contribution is -2.41. The van der Waals surface area contributed by atoms with Crippen LogP contribution < -0.4 is 5.32 Å². The van der Waals surface area contributed by atoms with Crippen molar-refractivity contribution >= 4 is 39.1 Å². The zero-order valence-electron chi connectivity index (χ0n) is 16.8. The van der Waals surface area contributed by atoms with Gasteiger partial charge in [-0.1, -0.05) is 23.7 Å². The predicted molar refractivity (Wildman–Crippen MR) is 119 cm³/mol. The van der Waals surface area contributed by atoms with Crippen molar-refractivity contribution in [2.45, 2.75) is 17.7 Å². The van der Waals surface area contributed by atoms with Crippen molar-refractivity contribution in [1.82, 2.24) is 19.7 Å². The molecule has 9 nitrogen and oxygen atoms in total. The second kappa shape index (κ2) is 8.03. The lowest BCUT2D eigenvalue weighted by molar-refractivity contribution is -0.120. The molecule has 0 unspecified atom stereocenters. The summed E-state index contributed by atoms with van der Waals surface area (Å²) in [4.78, 5) is 19.1. The number of hydrogen-bond donors (Lipinski definition) is 1. The third-order valence-corrected chi connectivity index (χ3v) is 7.22. The number of fused-ring (bicyclic) bond motifs is 1. The molecule has 0 aliphatic carbocycles. The van der Waals surface area contributed by atoms with Crippen LogP contribution in [-0.2, 0) is 14.8 Å². The van der Waals surface area contributed by atoms with E-state index >= 15 is 0 Å². The molecule has 0 atom stereocenters. The summed E-state index contributed by atoms with van der Waals surface area (Å²) in [6.45, 7) is 1.07. The predicted octanol–water partition coefficient (Wildman–Crippen LogP) is 2.72. The molecule has 164 valence electrons. The first kappa shape index (κ1) is 20.7. The molecule has 0 radical (unpaired) electrons. The number of carbonyl (C=O) groups is 1. The van der Waals surface area contributed by atoms with Gasteiger partial charge in [0.2, 0.25) is 5.91 Å². The number of aromatic nitrogens is 3. The number of halogens is 1. The Morgan fingerprint density at radius 2 is 1.91 bits per heavy atom. The van der Waals surface area contributed by atoms with Crippen LogP contribution in [0.2, 0.25) is 5.02 Å². The fourth-order valence-corrected chi connectivity index (χ4v) is 5.45. The molecular formula is C21H19ClN6O3S. The Bertz CT molecular complexity index is 1320. The Hall–Kier alpha value is -3.24. The zero-order valence-corrected chi connectivity index (χ0v) is 18.4.